The van der Waals surface area contributed by atoms with Gasteiger partial charge < -0.3 is 19.9 Å². The van der Waals surface area contributed by atoms with Crippen molar-refractivity contribution in [2.45, 2.75) is 13.1 Å². The molecule has 0 aliphatic carbocycles. The quantitative estimate of drug-likeness (QED) is 0.454. The predicted octanol–water partition coefficient (Wildman–Crippen LogP) is 3.49. The van der Waals surface area contributed by atoms with Crippen molar-refractivity contribution < 1.29 is 9.53 Å². The Hall–Kier alpha value is -4.33. The number of methoxy groups -OCH3 is 1. The number of fused-ring (bicyclic) bond motifs is 1. The zero-order valence-electron chi connectivity index (χ0n) is 20.3. The van der Waals surface area contributed by atoms with Crippen LogP contribution in [0, 0.1) is 0 Å². The van der Waals surface area contributed by atoms with E-state index in [1.807, 2.05) is 83.8 Å². The molecule has 0 unspecified atom stereocenters. The summed E-state index contributed by atoms with van der Waals surface area (Å²) in [5.74, 6) is 1.19. The van der Waals surface area contributed by atoms with Crippen LogP contribution in [0.2, 0.25) is 0 Å². The number of nitrogens with zero attached hydrogens (tertiary/aromatic N) is 4. The first-order valence-electron chi connectivity index (χ1n) is 12.1. The summed E-state index contributed by atoms with van der Waals surface area (Å²) in [5, 5.41) is 2.98. The molecule has 2 heterocycles. The molecule has 0 atom stereocenters. The van der Waals surface area contributed by atoms with Crippen LogP contribution in [0.5, 0.6) is 5.75 Å². The topological polar surface area (TPSA) is 79.7 Å². The highest BCUT2D eigenvalue weighted by Crippen LogP contribution is 2.18. The van der Waals surface area contributed by atoms with Gasteiger partial charge in [0.25, 0.3) is 5.56 Å². The predicted molar refractivity (Wildman–Crippen MR) is 141 cm³/mol. The fourth-order valence-electron chi connectivity index (χ4n) is 4.50. The molecule has 1 aliphatic rings. The lowest BCUT2D eigenvalue weighted by Crippen LogP contribution is -2.53. The zero-order chi connectivity index (χ0) is 24.9. The molecule has 36 heavy (non-hydrogen) atoms. The Morgan fingerprint density at radius 2 is 1.64 bits per heavy atom. The van der Waals surface area contributed by atoms with E-state index in [1.54, 1.807) is 16.6 Å². The number of aromatic nitrogens is 2. The number of benzene rings is 3. The first kappa shape index (κ1) is 23.4. The molecule has 0 spiro atoms. The van der Waals surface area contributed by atoms with Crippen LogP contribution in [0.4, 0.5) is 10.6 Å². The molecule has 1 aliphatic heterocycles. The number of hydrogen-bond acceptors (Lipinski definition) is 5. The van der Waals surface area contributed by atoms with Crippen LogP contribution in [0.25, 0.3) is 11.0 Å². The van der Waals surface area contributed by atoms with Crippen molar-refractivity contribution in [2.24, 2.45) is 0 Å². The van der Waals surface area contributed by atoms with E-state index >= 15 is 0 Å². The second-order valence-electron chi connectivity index (χ2n) is 8.79. The minimum absolute atomic E-state index is 0.117. The second kappa shape index (κ2) is 10.5. The maximum absolute atomic E-state index is 13.6. The molecular weight excluding hydrogens is 454 g/mol. The van der Waals surface area contributed by atoms with E-state index in [9.17, 15) is 9.59 Å². The van der Waals surface area contributed by atoms with E-state index in [2.05, 4.69) is 5.32 Å². The van der Waals surface area contributed by atoms with Gasteiger partial charge in [-0.25, -0.2) is 9.78 Å². The number of piperazine rings is 1. The normalized spacial score (nSPS) is 13.6. The molecule has 0 radical (unpaired) electrons. The van der Waals surface area contributed by atoms with Crippen LogP contribution in [-0.2, 0) is 13.1 Å². The van der Waals surface area contributed by atoms with Crippen molar-refractivity contribution in [3.8, 4) is 5.75 Å². The van der Waals surface area contributed by atoms with Gasteiger partial charge in [-0.3, -0.25) is 9.36 Å². The first-order valence-corrected chi connectivity index (χ1v) is 12.1. The Labute approximate surface area is 209 Å². The van der Waals surface area contributed by atoms with Gasteiger partial charge in [-0.15, -0.1) is 0 Å². The molecule has 0 bridgehead atoms. The van der Waals surface area contributed by atoms with Crippen LogP contribution in [0.15, 0.2) is 83.7 Å². The average molecular weight is 484 g/mol. The van der Waals surface area contributed by atoms with Crippen molar-refractivity contribution in [1.82, 2.24) is 19.8 Å². The molecule has 184 valence electrons. The molecule has 5 rings (SSSR count). The highest BCUT2D eigenvalue weighted by atomic mass is 16.5. The zero-order valence-corrected chi connectivity index (χ0v) is 20.3. The number of carbonyl (C=O) groups excluding carboxylic acids is 1. The number of nitrogens with one attached hydrogen (secondary N) is 1. The molecule has 0 saturated carbocycles. The standard InChI is InChI=1S/C28H29N5O3/c1-36-23-11-7-10-22(18-23)19-29-28(35)32-16-14-31(15-17-32)26-27(34)33(20-21-8-3-2-4-9-21)25-13-6-5-12-24(25)30-26/h2-13,18H,14-17,19-20H2,1H3,(H,29,35). The van der Waals surface area contributed by atoms with E-state index in [1.165, 1.54) is 0 Å². The van der Waals surface area contributed by atoms with E-state index in [0.717, 1.165) is 27.9 Å². The summed E-state index contributed by atoms with van der Waals surface area (Å²) >= 11 is 0. The Bertz CT molecular complexity index is 1410. The monoisotopic (exact) mass is 483 g/mol. The van der Waals surface area contributed by atoms with Crippen LogP contribution in [0.3, 0.4) is 0 Å². The number of amides is 2. The molecule has 2 amide bonds. The van der Waals surface area contributed by atoms with Gasteiger partial charge in [0.1, 0.15) is 5.75 Å². The van der Waals surface area contributed by atoms with E-state index in [0.29, 0.717) is 45.1 Å². The lowest BCUT2D eigenvalue weighted by molar-refractivity contribution is 0.193. The molecule has 1 fully saturated rings. The smallest absolute Gasteiger partial charge is 0.317 e. The van der Waals surface area contributed by atoms with Gasteiger partial charge in [0.15, 0.2) is 5.82 Å². The lowest BCUT2D eigenvalue weighted by Gasteiger charge is -2.35. The molecule has 8 heteroatoms. The summed E-state index contributed by atoms with van der Waals surface area (Å²) in [6.45, 7) is 3.00. The van der Waals surface area contributed by atoms with Crippen molar-refractivity contribution in [3.63, 3.8) is 0 Å². The van der Waals surface area contributed by atoms with Gasteiger partial charge in [0.2, 0.25) is 0 Å². The van der Waals surface area contributed by atoms with Crippen molar-refractivity contribution in [1.29, 1.82) is 0 Å². The van der Waals surface area contributed by atoms with Gasteiger partial charge in [0, 0.05) is 32.7 Å². The first-order chi connectivity index (χ1) is 17.6. The fraction of sp³-hybridized carbons (Fsp3) is 0.250. The summed E-state index contributed by atoms with van der Waals surface area (Å²) in [6.07, 6.45) is 0. The number of urea groups is 1. The maximum Gasteiger partial charge on any atom is 0.317 e. The second-order valence-corrected chi connectivity index (χ2v) is 8.79. The van der Waals surface area contributed by atoms with Crippen molar-refractivity contribution >= 4 is 22.9 Å². The number of carbonyl (C=O) groups is 1. The largest absolute Gasteiger partial charge is 0.497 e. The lowest BCUT2D eigenvalue weighted by atomic mass is 10.2. The number of rotatable bonds is 6. The summed E-state index contributed by atoms with van der Waals surface area (Å²) in [6, 6.07) is 25.2. The average Bonchev–Trinajstić information content (AvgIpc) is 2.94. The van der Waals surface area contributed by atoms with Gasteiger partial charge in [0.05, 0.1) is 24.7 Å². The third-order valence-electron chi connectivity index (χ3n) is 6.46. The Morgan fingerprint density at radius 3 is 2.42 bits per heavy atom. The number of ether oxygens (including phenoxy) is 1. The molecule has 3 aromatic carbocycles. The summed E-state index contributed by atoms with van der Waals surface area (Å²) in [7, 11) is 1.62. The number of hydrogen-bond donors (Lipinski definition) is 1. The summed E-state index contributed by atoms with van der Waals surface area (Å²) in [4.78, 5) is 34.8. The highest BCUT2D eigenvalue weighted by Gasteiger charge is 2.25. The third kappa shape index (κ3) is 5.02. The van der Waals surface area contributed by atoms with Crippen LogP contribution in [0.1, 0.15) is 11.1 Å². The summed E-state index contributed by atoms with van der Waals surface area (Å²) < 4.78 is 7.04. The molecule has 1 N–H and O–H groups in total. The fourth-order valence-corrected chi connectivity index (χ4v) is 4.50. The number of anilines is 1. The Kier molecular flexibility index (Phi) is 6.84. The van der Waals surface area contributed by atoms with Gasteiger partial charge >= 0.3 is 6.03 Å². The summed E-state index contributed by atoms with van der Waals surface area (Å²) in [5.41, 5.74) is 3.50. The molecular formula is C28H29N5O3. The van der Waals surface area contributed by atoms with Crippen LogP contribution in [-0.4, -0.2) is 53.8 Å². The van der Waals surface area contributed by atoms with Gasteiger partial charge in [-0.1, -0.05) is 54.6 Å². The van der Waals surface area contributed by atoms with E-state index in [4.69, 9.17) is 9.72 Å². The van der Waals surface area contributed by atoms with Gasteiger partial charge in [-0.2, -0.15) is 0 Å². The minimum atomic E-state index is -0.120. The molecule has 1 aromatic heterocycles. The molecule has 8 nitrogen and oxygen atoms in total. The van der Waals surface area contributed by atoms with Crippen LogP contribution < -0.4 is 20.5 Å². The molecule has 1 saturated heterocycles. The third-order valence-corrected chi connectivity index (χ3v) is 6.46. The number of para-hydroxylation sites is 2. The SMILES string of the molecule is COc1cccc(CNC(=O)N2CCN(c3nc4ccccc4n(Cc4ccccc4)c3=O)CC2)c1. The minimum Gasteiger partial charge on any atom is -0.497 e. The van der Waals surface area contributed by atoms with Gasteiger partial charge in [-0.05, 0) is 35.4 Å². The van der Waals surface area contributed by atoms with Crippen LogP contribution >= 0.6 is 0 Å². The van der Waals surface area contributed by atoms with E-state index < -0.39 is 0 Å². The van der Waals surface area contributed by atoms with Crippen molar-refractivity contribution in [3.05, 3.63) is 100 Å². The highest BCUT2D eigenvalue weighted by molar-refractivity contribution is 5.77. The Balaban J connectivity index is 1.29. The molecule has 4 aromatic rings. The van der Waals surface area contributed by atoms with Crippen molar-refractivity contribution in [2.75, 3.05) is 38.2 Å². The maximum atomic E-state index is 13.6. The van der Waals surface area contributed by atoms with E-state index in [-0.39, 0.29) is 11.6 Å². The Morgan fingerprint density at radius 1 is 0.917 bits per heavy atom.